The number of ether oxygens (including phenoxy) is 1. The first kappa shape index (κ1) is 17.9. The van der Waals surface area contributed by atoms with Gasteiger partial charge in [0.15, 0.2) is 6.04 Å². The van der Waals surface area contributed by atoms with Crippen LogP contribution in [0.5, 0.6) is 0 Å². The van der Waals surface area contributed by atoms with Crippen LogP contribution in [0.4, 0.5) is 5.69 Å². The first-order chi connectivity index (χ1) is 12.1. The largest absolute Gasteiger partial charge is 0.466 e. The van der Waals surface area contributed by atoms with Crippen molar-refractivity contribution in [2.24, 2.45) is 5.92 Å². The van der Waals surface area contributed by atoms with E-state index < -0.39 is 0 Å². The minimum absolute atomic E-state index is 0.0254. The van der Waals surface area contributed by atoms with E-state index in [0.29, 0.717) is 13.2 Å². The SMILES string of the molecule is CCOC(=O)[C@H]1CCC[NH+]([C@@H](C)C(=O)Nc2ccc3c(c2)CCC3)C1. The molecular formula is C20H29N2O3+. The molecule has 1 fully saturated rings. The number of esters is 1. The molecule has 136 valence electrons. The number of carbonyl (C=O) groups excluding carboxylic acids is 2. The summed E-state index contributed by atoms with van der Waals surface area (Å²) in [6.07, 6.45) is 5.27. The van der Waals surface area contributed by atoms with E-state index >= 15 is 0 Å². The van der Waals surface area contributed by atoms with Crippen LogP contribution in [0.3, 0.4) is 0 Å². The van der Waals surface area contributed by atoms with E-state index in [2.05, 4.69) is 17.4 Å². The van der Waals surface area contributed by atoms with Crippen LogP contribution in [-0.4, -0.2) is 37.6 Å². The summed E-state index contributed by atoms with van der Waals surface area (Å²) >= 11 is 0. The fraction of sp³-hybridized carbons (Fsp3) is 0.600. The first-order valence-corrected chi connectivity index (χ1v) is 9.52. The Hall–Kier alpha value is -1.88. The van der Waals surface area contributed by atoms with Gasteiger partial charge in [-0.1, -0.05) is 6.07 Å². The average molecular weight is 345 g/mol. The van der Waals surface area contributed by atoms with E-state index in [-0.39, 0.29) is 23.8 Å². The summed E-state index contributed by atoms with van der Waals surface area (Å²) in [6, 6.07) is 6.07. The van der Waals surface area contributed by atoms with E-state index in [0.717, 1.165) is 37.9 Å². The molecule has 1 aromatic carbocycles. The lowest BCUT2D eigenvalue weighted by Gasteiger charge is -2.32. The molecule has 1 aliphatic carbocycles. The predicted molar refractivity (Wildman–Crippen MR) is 96.6 cm³/mol. The van der Waals surface area contributed by atoms with Crippen molar-refractivity contribution in [3.63, 3.8) is 0 Å². The second-order valence-corrected chi connectivity index (χ2v) is 7.25. The number of carbonyl (C=O) groups is 2. The molecule has 2 N–H and O–H groups in total. The zero-order valence-electron chi connectivity index (χ0n) is 15.3. The van der Waals surface area contributed by atoms with Crippen molar-refractivity contribution in [2.45, 2.75) is 52.0 Å². The Bertz CT molecular complexity index is 644. The summed E-state index contributed by atoms with van der Waals surface area (Å²) in [5.41, 5.74) is 3.65. The third-order valence-corrected chi connectivity index (χ3v) is 5.55. The van der Waals surface area contributed by atoms with Crippen LogP contribution in [0.25, 0.3) is 0 Å². The molecule has 0 aromatic heterocycles. The summed E-state index contributed by atoms with van der Waals surface area (Å²) < 4.78 is 5.16. The number of hydrogen-bond acceptors (Lipinski definition) is 3. The van der Waals surface area contributed by atoms with Crippen molar-refractivity contribution in [1.82, 2.24) is 0 Å². The van der Waals surface area contributed by atoms with E-state index in [1.165, 1.54) is 22.4 Å². The van der Waals surface area contributed by atoms with Gasteiger partial charge in [-0.3, -0.25) is 9.59 Å². The van der Waals surface area contributed by atoms with Gasteiger partial charge < -0.3 is 15.0 Å². The predicted octanol–water partition coefficient (Wildman–Crippen LogP) is 1.36. The number of hydrogen-bond donors (Lipinski definition) is 2. The molecule has 5 nitrogen and oxygen atoms in total. The molecule has 1 aliphatic heterocycles. The Kier molecular flexibility index (Phi) is 5.74. The molecule has 5 heteroatoms. The topological polar surface area (TPSA) is 59.8 Å². The van der Waals surface area contributed by atoms with Crippen molar-refractivity contribution in [3.05, 3.63) is 29.3 Å². The Morgan fingerprint density at radius 1 is 1.28 bits per heavy atom. The van der Waals surface area contributed by atoms with Crippen molar-refractivity contribution >= 4 is 17.6 Å². The van der Waals surface area contributed by atoms with Crippen LogP contribution in [0.2, 0.25) is 0 Å². The van der Waals surface area contributed by atoms with Gasteiger partial charge in [0.25, 0.3) is 5.91 Å². The fourth-order valence-electron chi connectivity index (χ4n) is 4.04. The molecule has 3 rings (SSSR count). The molecule has 1 unspecified atom stereocenters. The smallest absolute Gasteiger partial charge is 0.314 e. The normalized spacial score (nSPS) is 23.6. The number of aryl methyl sites for hydroxylation is 2. The summed E-state index contributed by atoms with van der Waals surface area (Å²) in [5, 5.41) is 3.06. The molecule has 3 atom stereocenters. The Morgan fingerprint density at radius 2 is 2.08 bits per heavy atom. The van der Waals surface area contributed by atoms with Gasteiger partial charge in [0.1, 0.15) is 5.92 Å². The van der Waals surface area contributed by atoms with Crippen LogP contribution in [0.1, 0.15) is 44.2 Å². The minimum atomic E-state index is -0.175. The van der Waals surface area contributed by atoms with E-state index in [4.69, 9.17) is 4.74 Å². The molecule has 0 spiro atoms. The van der Waals surface area contributed by atoms with Crippen LogP contribution in [0.15, 0.2) is 18.2 Å². The molecule has 0 saturated carbocycles. The molecule has 1 amide bonds. The average Bonchev–Trinajstić information content (AvgIpc) is 3.09. The van der Waals surface area contributed by atoms with Gasteiger partial charge in [0, 0.05) is 5.69 Å². The molecule has 1 heterocycles. The number of likely N-dealkylation sites (tertiary alicyclic amines) is 1. The minimum Gasteiger partial charge on any atom is -0.466 e. The van der Waals surface area contributed by atoms with Crippen molar-refractivity contribution in [1.29, 1.82) is 0 Å². The van der Waals surface area contributed by atoms with E-state index in [1.54, 1.807) is 0 Å². The van der Waals surface area contributed by atoms with Crippen molar-refractivity contribution < 1.29 is 19.2 Å². The number of rotatable bonds is 5. The highest BCUT2D eigenvalue weighted by Gasteiger charge is 2.34. The molecule has 1 saturated heterocycles. The summed E-state index contributed by atoms with van der Waals surface area (Å²) in [4.78, 5) is 25.8. The summed E-state index contributed by atoms with van der Waals surface area (Å²) in [5.74, 6) is -0.178. The Morgan fingerprint density at radius 3 is 2.88 bits per heavy atom. The highest BCUT2D eigenvalue weighted by atomic mass is 16.5. The van der Waals surface area contributed by atoms with Gasteiger partial charge in [-0.25, -0.2) is 0 Å². The van der Waals surface area contributed by atoms with E-state index in [1.807, 2.05) is 19.9 Å². The Balaban J connectivity index is 1.59. The number of amides is 1. The zero-order chi connectivity index (χ0) is 17.8. The second kappa shape index (κ2) is 8.00. The molecular weight excluding hydrogens is 316 g/mol. The lowest BCUT2D eigenvalue weighted by molar-refractivity contribution is -0.921. The number of nitrogens with one attached hydrogen (secondary N) is 2. The van der Waals surface area contributed by atoms with Gasteiger partial charge in [0.05, 0.1) is 19.7 Å². The third kappa shape index (κ3) is 4.21. The molecule has 0 radical (unpaired) electrons. The molecule has 25 heavy (non-hydrogen) atoms. The first-order valence-electron chi connectivity index (χ1n) is 9.52. The number of benzene rings is 1. The third-order valence-electron chi connectivity index (χ3n) is 5.55. The molecule has 0 bridgehead atoms. The lowest BCUT2D eigenvalue weighted by atomic mass is 9.97. The number of quaternary nitrogens is 1. The Labute approximate surface area is 149 Å². The summed E-state index contributed by atoms with van der Waals surface area (Å²) in [7, 11) is 0. The maximum atomic E-state index is 12.7. The van der Waals surface area contributed by atoms with Crippen LogP contribution in [0, 0.1) is 5.92 Å². The number of fused-ring (bicyclic) bond motifs is 1. The maximum Gasteiger partial charge on any atom is 0.314 e. The lowest BCUT2D eigenvalue weighted by Crippen LogP contribution is -3.18. The second-order valence-electron chi connectivity index (χ2n) is 7.25. The van der Waals surface area contributed by atoms with Gasteiger partial charge in [-0.05, 0) is 69.2 Å². The van der Waals surface area contributed by atoms with Crippen LogP contribution in [-0.2, 0) is 27.2 Å². The van der Waals surface area contributed by atoms with Gasteiger partial charge in [-0.15, -0.1) is 0 Å². The highest BCUT2D eigenvalue weighted by Crippen LogP contribution is 2.24. The molecule has 2 aliphatic rings. The standard InChI is InChI=1S/C20H28N2O3/c1-3-25-20(24)17-8-5-11-22(13-17)14(2)19(23)21-18-10-9-15-6-4-7-16(15)12-18/h9-10,12,14,17H,3-8,11,13H2,1-2H3,(H,21,23)/p+1/t14-,17-/m0/s1. The quantitative estimate of drug-likeness (QED) is 0.792. The monoisotopic (exact) mass is 345 g/mol. The van der Waals surface area contributed by atoms with Gasteiger partial charge >= 0.3 is 5.97 Å². The van der Waals surface area contributed by atoms with Crippen LogP contribution >= 0.6 is 0 Å². The van der Waals surface area contributed by atoms with Gasteiger partial charge in [0.2, 0.25) is 0 Å². The van der Waals surface area contributed by atoms with Crippen LogP contribution < -0.4 is 10.2 Å². The number of piperidine rings is 1. The fourth-order valence-corrected chi connectivity index (χ4v) is 4.04. The molecule has 1 aromatic rings. The van der Waals surface area contributed by atoms with Crippen molar-refractivity contribution in [2.75, 3.05) is 25.0 Å². The maximum absolute atomic E-state index is 12.7. The van der Waals surface area contributed by atoms with E-state index in [9.17, 15) is 9.59 Å². The highest BCUT2D eigenvalue weighted by molar-refractivity contribution is 5.93. The van der Waals surface area contributed by atoms with Crippen molar-refractivity contribution in [3.8, 4) is 0 Å². The van der Waals surface area contributed by atoms with Gasteiger partial charge in [-0.2, -0.15) is 0 Å². The summed E-state index contributed by atoms with van der Waals surface area (Å²) in [6.45, 7) is 5.80. The zero-order valence-corrected chi connectivity index (χ0v) is 15.3. The number of anilines is 1.